The van der Waals surface area contributed by atoms with Crippen LogP contribution >= 0.6 is 0 Å². The number of carbonyl (C=O) groups excluding carboxylic acids is 5. The van der Waals surface area contributed by atoms with Crippen LogP contribution in [-0.4, -0.2) is 97.9 Å². The van der Waals surface area contributed by atoms with Gasteiger partial charge in [-0.25, -0.2) is 0 Å². The summed E-state index contributed by atoms with van der Waals surface area (Å²) < 4.78 is 1.67. The fraction of sp³-hybridized carbons (Fsp3) is 0.545. The Morgan fingerprint density at radius 3 is 2.23 bits per heavy atom. The first-order valence-corrected chi connectivity index (χ1v) is 26.1. The minimum Gasteiger partial charge on any atom is -0.481 e. The van der Waals surface area contributed by atoms with Crippen LogP contribution in [0.5, 0.6) is 0 Å². The predicted octanol–water partition coefficient (Wildman–Crippen LogP) is 4.99. The molecule has 3 saturated carbocycles. The molecule has 2 aromatic carbocycles. The first-order valence-electron chi connectivity index (χ1n) is 26.1. The lowest BCUT2D eigenvalue weighted by Gasteiger charge is -2.51. The number of benzene rings is 2. The highest BCUT2D eigenvalue weighted by atomic mass is 16.4. The molecule has 1 heterocycles. The number of aromatic nitrogens is 3. The molecule has 75 heavy (non-hydrogen) atoms. The van der Waals surface area contributed by atoms with Crippen molar-refractivity contribution in [2.75, 3.05) is 13.1 Å². The van der Waals surface area contributed by atoms with E-state index in [2.05, 4.69) is 109 Å². The summed E-state index contributed by atoms with van der Waals surface area (Å²) in [5.41, 5.74) is 20.6. The number of allylic oxidation sites excluding steroid dienone is 2. The molecule has 4 aliphatic carbocycles. The Morgan fingerprint density at radius 1 is 0.853 bits per heavy atom. The Kier molecular flexibility index (Phi) is 19.1. The number of nitrogens with two attached hydrogens (primary N) is 1. The molecular formula is C55H67N11O9. The Morgan fingerprint density at radius 2 is 1.55 bits per heavy atom. The molecule has 396 valence electrons. The van der Waals surface area contributed by atoms with Gasteiger partial charge in [-0.2, -0.15) is 0 Å². The van der Waals surface area contributed by atoms with Gasteiger partial charge in [0.05, 0.1) is 25.2 Å². The summed E-state index contributed by atoms with van der Waals surface area (Å²) >= 11 is 0. The number of azide groups is 1. The number of aliphatic carboxylic acids is 2. The second-order valence-corrected chi connectivity index (χ2v) is 20.5. The van der Waals surface area contributed by atoms with Crippen LogP contribution in [0, 0.1) is 65.1 Å². The first kappa shape index (κ1) is 55.1. The fourth-order valence-corrected chi connectivity index (χ4v) is 11.7. The Labute approximate surface area is 435 Å². The SMILES string of the molecule is CC1Cc2ccc3ccccc3c2/C1=C1\C2CC(C#CCCN=[N+]=[N-])CCC2CC2CCC(C#CCCn3cc(CCC(=O)N[C@@H](CC(=O)O)C(=O)NCC(=O)N[C@@H](CCC(=O)O)C(=O)N[C@@H](C)C(N)=O)nn3)CC12. The zero-order valence-corrected chi connectivity index (χ0v) is 42.6. The van der Waals surface area contributed by atoms with Gasteiger partial charge in [-0.1, -0.05) is 71.1 Å². The average molecular weight is 1030 g/mol. The third-order valence-electron chi connectivity index (χ3n) is 15.2. The minimum atomic E-state index is -1.55. The van der Waals surface area contributed by atoms with Crippen molar-refractivity contribution in [1.82, 2.24) is 36.3 Å². The number of nitrogens with zero attached hydrogens (tertiary/aromatic N) is 6. The molecule has 3 fully saturated rings. The highest BCUT2D eigenvalue weighted by Gasteiger charge is 2.48. The van der Waals surface area contributed by atoms with E-state index in [1.165, 1.54) is 41.7 Å². The summed E-state index contributed by atoms with van der Waals surface area (Å²) in [6, 6.07) is 9.36. The maximum absolute atomic E-state index is 13.0. The Balaban J connectivity index is 0.940. The van der Waals surface area contributed by atoms with E-state index in [1.807, 2.05) is 0 Å². The van der Waals surface area contributed by atoms with Crippen molar-refractivity contribution in [3.05, 3.63) is 75.4 Å². The van der Waals surface area contributed by atoms with Gasteiger partial charge >= 0.3 is 11.9 Å². The van der Waals surface area contributed by atoms with Crippen molar-refractivity contribution in [1.29, 1.82) is 0 Å². The molecule has 3 aromatic rings. The molecule has 0 aliphatic heterocycles. The molecule has 0 saturated heterocycles. The smallest absolute Gasteiger partial charge is 0.305 e. The molecule has 0 spiro atoms. The molecule has 7 rings (SSSR count). The molecular weight excluding hydrogens is 959 g/mol. The standard InChI is InChI=1S/C55H67N11O9/c1-32-25-39-18-17-36-11-3-4-12-41(36)51(39)50(32)52-42-26-34(9-5-7-23-59-64-57)13-15-37(42)28-38-16-14-35(27-43(38)52)10-6-8-24-66-31-40(63-65-66)19-21-46(67)62-45(29-49(71)72)54(74)58-30-47(68)61-44(20-22-48(69)70)55(75)60-33(2)53(56)73/h3-4,11-12,17-18,31-35,37-38,42-45H,7-8,13-16,19-30H2,1-2H3,(H2,56,73)(H,58,74)(H,60,75)(H,61,68)(H,62,67)(H,69,70)(H,71,72)/b52-50+/t32?,33-,34?,35?,37?,38?,42?,43?,44-,45-/m0/s1. The van der Waals surface area contributed by atoms with Crippen LogP contribution < -0.4 is 27.0 Å². The summed E-state index contributed by atoms with van der Waals surface area (Å²) in [6.07, 6.45) is 10.1. The minimum absolute atomic E-state index is 0.142. The largest absolute Gasteiger partial charge is 0.481 e. The summed E-state index contributed by atoms with van der Waals surface area (Å²) in [5.74, 6) is 10.3. The van der Waals surface area contributed by atoms with E-state index in [0.29, 0.717) is 67.1 Å². The van der Waals surface area contributed by atoms with Crippen molar-refractivity contribution >= 4 is 57.8 Å². The molecule has 0 radical (unpaired) electrons. The van der Waals surface area contributed by atoms with Gasteiger partial charge in [-0.05, 0) is 127 Å². The van der Waals surface area contributed by atoms with Crippen LogP contribution in [0.3, 0.4) is 0 Å². The summed E-state index contributed by atoms with van der Waals surface area (Å²) in [7, 11) is 0. The number of primary amides is 1. The van der Waals surface area contributed by atoms with Gasteiger partial charge in [0.15, 0.2) is 0 Å². The molecule has 1 aromatic heterocycles. The lowest BCUT2D eigenvalue weighted by Crippen LogP contribution is -2.54. The number of hydrogen-bond donors (Lipinski definition) is 7. The molecule has 8 N–H and O–H groups in total. The summed E-state index contributed by atoms with van der Waals surface area (Å²) in [4.78, 5) is 88.3. The molecule has 20 nitrogen and oxygen atoms in total. The van der Waals surface area contributed by atoms with Gasteiger partial charge in [0.1, 0.15) is 18.1 Å². The number of fused-ring (bicyclic) bond motifs is 5. The maximum atomic E-state index is 13.0. The van der Waals surface area contributed by atoms with E-state index < -0.39 is 79.0 Å². The monoisotopic (exact) mass is 1030 g/mol. The van der Waals surface area contributed by atoms with Crippen molar-refractivity contribution in [3.63, 3.8) is 0 Å². The summed E-state index contributed by atoms with van der Waals surface area (Å²) in [6.45, 7) is 3.86. The second kappa shape index (κ2) is 26.0. The lowest BCUT2D eigenvalue weighted by molar-refractivity contribution is -0.141. The third-order valence-corrected chi connectivity index (χ3v) is 15.2. The maximum Gasteiger partial charge on any atom is 0.305 e. The quantitative estimate of drug-likeness (QED) is 0.0260. The fourth-order valence-electron chi connectivity index (χ4n) is 11.7. The van der Waals surface area contributed by atoms with Crippen LogP contribution in [0.2, 0.25) is 0 Å². The number of aryl methyl sites for hydroxylation is 2. The number of amides is 5. The molecule has 7 unspecified atom stereocenters. The van der Waals surface area contributed by atoms with Crippen molar-refractivity contribution in [2.45, 2.75) is 135 Å². The molecule has 10 atom stereocenters. The third kappa shape index (κ3) is 14.8. The Bertz CT molecular complexity index is 2870. The van der Waals surface area contributed by atoms with Gasteiger partial charge < -0.3 is 37.2 Å². The van der Waals surface area contributed by atoms with Gasteiger partial charge in [0, 0.05) is 61.6 Å². The number of nitrogens with one attached hydrogen (secondary N) is 4. The van der Waals surface area contributed by atoms with Crippen molar-refractivity contribution in [3.8, 4) is 23.7 Å². The van der Waals surface area contributed by atoms with E-state index in [4.69, 9.17) is 16.4 Å². The number of hydrogen-bond acceptors (Lipinski definition) is 10. The van der Waals surface area contributed by atoms with E-state index >= 15 is 0 Å². The molecule has 20 heteroatoms. The Hall–Kier alpha value is -7.70. The van der Waals surface area contributed by atoms with Gasteiger partial charge in [0.2, 0.25) is 29.5 Å². The van der Waals surface area contributed by atoms with E-state index in [1.54, 1.807) is 22.0 Å². The zero-order chi connectivity index (χ0) is 53.6. The van der Waals surface area contributed by atoms with Crippen LogP contribution in [0.4, 0.5) is 0 Å². The van der Waals surface area contributed by atoms with Gasteiger partial charge in [-0.15, -0.1) is 16.9 Å². The van der Waals surface area contributed by atoms with Gasteiger partial charge in [-0.3, -0.25) is 38.2 Å². The summed E-state index contributed by atoms with van der Waals surface area (Å²) in [5, 5.41) is 42.5. The lowest BCUT2D eigenvalue weighted by atomic mass is 9.54. The molecule has 4 aliphatic rings. The van der Waals surface area contributed by atoms with E-state index in [9.17, 15) is 38.7 Å². The number of rotatable bonds is 20. The highest BCUT2D eigenvalue weighted by Crippen LogP contribution is 2.59. The number of carboxylic acid groups (broad SMARTS) is 2. The van der Waals surface area contributed by atoms with Crippen LogP contribution in [0.15, 0.2) is 53.3 Å². The van der Waals surface area contributed by atoms with Crippen molar-refractivity contribution in [2.24, 2.45) is 52.3 Å². The molecule has 5 amide bonds. The van der Waals surface area contributed by atoms with E-state index in [-0.39, 0.29) is 25.2 Å². The van der Waals surface area contributed by atoms with Crippen LogP contribution in [-0.2, 0) is 52.9 Å². The first-order chi connectivity index (χ1) is 36.1. The number of carbonyl (C=O) groups is 7. The zero-order valence-electron chi connectivity index (χ0n) is 42.6. The predicted molar refractivity (Wildman–Crippen MR) is 277 cm³/mol. The van der Waals surface area contributed by atoms with Crippen molar-refractivity contribution < 1.29 is 43.8 Å². The van der Waals surface area contributed by atoms with E-state index in [0.717, 1.165) is 38.5 Å². The normalized spacial score (nSPS) is 23.6. The average Bonchev–Trinajstić information content (AvgIpc) is 3.99. The number of carboxylic acids is 2. The molecule has 0 bridgehead atoms. The second-order valence-electron chi connectivity index (χ2n) is 20.5. The van der Waals surface area contributed by atoms with Crippen LogP contribution in [0.25, 0.3) is 26.8 Å². The van der Waals surface area contributed by atoms with Gasteiger partial charge in [0.25, 0.3) is 0 Å². The highest BCUT2D eigenvalue weighted by molar-refractivity contribution is 5.98. The topological polar surface area (TPSA) is 314 Å². The van der Waals surface area contributed by atoms with Crippen LogP contribution in [0.1, 0.15) is 114 Å².